The molecule has 0 atom stereocenters. The van der Waals surface area contributed by atoms with Gasteiger partial charge >= 0.3 is 0 Å². The van der Waals surface area contributed by atoms with Crippen molar-refractivity contribution in [2.75, 3.05) is 0 Å². The Bertz CT molecular complexity index is 810. The maximum absolute atomic E-state index is 4.85. The van der Waals surface area contributed by atoms with Crippen LogP contribution in [0.5, 0.6) is 0 Å². The van der Waals surface area contributed by atoms with Crippen LogP contribution < -0.4 is 0 Å². The van der Waals surface area contributed by atoms with Crippen molar-refractivity contribution in [1.29, 1.82) is 0 Å². The molecule has 3 aromatic rings. The summed E-state index contributed by atoms with van der Waals surface area (Å²) in [6, 6.07) is 16.6. The van der Waals surface area contributed by atoms with Crippen LogP contribution in [0.25, 0.3) is 28.1 Å². The van der Waals surface area contributed by atoms with E-state index >= 15 is 0 Å². The van der Waals surface area contributed by atoms with Gasteiger partial charge in [-0.15, -0.1) is 0 Å². The normalized spacial score (nSPS) is 10.5. The summed E-state index contributed by atoms with van der Waals surface area (Å²) < 4.78 is 2.20. The summed E-state index contributed by atoms with van der Waals surface area (Å²) in [5, 5.41) is 0. The molecule has 0 saturated heterocycles. The van der Waals surface area contributed by atoms with Gasteiger partial charge in [0, 0.05) is 11.3 Å². The Labute approximate surface area is 139 Å². The molecular formula is C21H26N2. The van der Waals surface area contributed by atoms with Gasteiger partial charge < -0.3 is 0 Å². The highest BCUT2D eigenvalue weighted by molar-refractivity contribution is 5.85. The molecule has 3 rings (SSSR count). The minimum absolute atomic E-state index is 0.366. The molecule has 1 heterocycles. The molecule has 1 aromatic heterocycles. The minimum Gasteiger partial charge on any atom is -0.296 e. The first-order valence-electron chi connectivity index (χ1n) is 8.32. The molecule has 0 aliphatic heterocycles. The first kappa shape index (κ1) is 17.0. The van der Waals surface area contributed by atoms with Crippen LogP contribution in [0.4, 0.5) is 0 Å². The quantitative estimate of drug-likeness (QED) is 0.566. The molecule has 0 N–H and O–H groups in total. The molecule has 23 heavy (non-hydrogen) atoms. The summed E-state index contributed by atoms with van der Waals surface area (Å²) in [7, 11) is 0. The maximum Gasteiger partial charge on any atom is 0.145 e. The number of imidazole rings is 1. The van der Waals surface area contributed by atoms with Gasteiger partial charge in [-0.05, 0) is 30.5 Å². The van der Waals surface area contributed by atoms with Crippen LogP contribution in [0.3, 0.4) is 0 Å². The van der Waals surface area contributed by atoms with Crippen molar-refractivity contribution >= 4 is 16.7 Å². The molecule has 0 saturated carbocycles. The average Bonchev–Trinajstić information content (AvgIpc) is 2.95. The van der Waals surface area contributed by atoms with E-state index in [0.29, 0.717) is 5.92 Å². The molecule has 2 nitrogen and oxygen atoms in total. The highest BCUT2D eigenvalue weighted by Crippen LogP contribution is 2.31. The number of hydrogen-bond donors (Lipinski definition) is 0. The Hall–Kier alpha value is -2.35. The Morgan fingerprint density at radius 1 is 1.00 bits per heavy atom. The lowest BCUT2D eigenvalue weighted by Gasteiger charge is -2.16. The molecule has 0 aliphatic rings. The summed E-state index contributed by atoms with van der Waals surface area (Å²) in [6.07, 6.45) is 0. The molecule has 2 heteroatoms. The van der Waals surface area contributed by atoms with Gasteiger partial charge in [0.25, 0.3) is 0 Å². The first-order chi connectivity index (χ1) is 11.1. The van der Waals surface area contributed by atoms with Crippen LogP contribution in [-0.2, 0) is 0 Å². The first-order valence-corrected chi connectivity index (χ1v) is 8.32. The van der Waals surface area contributed by atoms with E-state index in [9.17, 15) is 0 Å². The van der Waals surface area contributed by atoms with Crippen molar-refractivity contribution in [3.8, 4) is 11.4 Å². The van der Waals surface area contributed by atoms with Crippen molar-refractivity contribution in [1.82, 2.24) is 9.55 Å². The molecule has 0 fully saturated rings. The monoisotopic (exact) mass is 306 g/mol. The summed E-state index contributed by atoms with van der Waals surface area (Å²) in [6.45, 7) is 14.7. The number of aromatic nitrogens is 2. The van der Waals surface area contributed by atoms with E-state index in [0.717, 1.165) is 28.1 Å². The van der Waals surface area contributed by atoms with E-state index in [1.54, 1.807) is 0 Å². The van der Waals surface area contributed by atoms with E-state index in [1.807, 2.05) is 19.9 Å². The second-order valence-corrected chi connectivity index (χ2v) is 5.72. The molecule has 0 aliphatic carbocycles. The third kappa shape index (κ3) is 3.21. The van der Waals surface area contributed by atoms with Gasteiger partial charge in [-0.2, -0.15) is 0 Å². The van der Waals surface area contributed by atoms with Crippen LogP contribution in [0.1, 0.15) is 33.3 Å². The lowest BCUT2D eigenvalue weighted by Crippen LogP contribution is -2.04. The van der Waals surface area contributed by atoms with Crippen LogP contribution in [0.2, 0.25) is 0 Å². The molecule has 2 aromatic carbocycles. The van der Waals surface area contributed by atoms with Gasteiger partial charge in [-0.3, -0.25) is 4.57 Å². The fraction of sp³-hybridized carbons (Fsp3) is 0.286. The van der Waals surface area contributed by atoms with E-state index in [1.165, 1.54) is 5.56 Å². The van der Waals surface area contributed by atoms with Gasteiger partial charge in [-0.25, -0.2) is 4.98 Å². The SMILES string of the molecule is C=C(C(C)C)n1c(-c2ccccc2C)nc2ccccc21.CC. The van der Waals surface area contributed by atoms with Crippen LogP contribution in [0.15, 0.2) is 55.1 Å². The average molecular weight is 306 g/mol. The Kier molecular flexibility index (Phi) is 5.38. The predicted molar refractivity (Wildman–Crippen MR) is 101 cm³/mol. The third-order valence-electron chi connectivity index (χ3n) is 3.90. The summed E-state index contributed by atoms with van der Waals surface area (Å²) in [5.41, 5.74) is 5.59. The standard InChI is InChI=1S/C19H20N2.C2H6/c1-13(2)15(4)21-18-12-8-7-11-17(18)20-19(21)16-10-6-5-9-14(16)3;1-2/h5-13H,4H2,1-3H3;1-2H3. The lowest BCUT2D eigenvalue weighted by molar-refractivity contribution is 0.803. The third-order valence-corrected chi connectivity index (χ3v) is 3.90. The second-order valence-electron chi connectivity index (χ2n) is 5.72. The number of allylic oxidation sites excluding steroid dienone is 1. The summed E-state index contributed by atoms with van der Waals surface area (Å²) in [4.78, 5) is 4.85. The molecule has 0 unspecified atom stereocenters. The zero-order chi connectivity index (χ0) is 17.0. The number of benzene rings is 2. The van der Waals surface area contributed by atoms with E-state index in [4.69, 9.17) is 4.98 Å². The highest BCUT2D eigenvalue weighted by atomic mass is 15.1. The maximum atomic E-state index is 4.85. The second kappa shape index (κ2) is 7.28. The summed E-state index contributed by atoms with van der Waals surface area (Å²) in [5.74, 6) is 1.35. The van der Waals surface area contributed by atoms with Crippen LogP contribution in [0, 0.1) is 12.8 Å². The Morgan fingerprint density at radius 2 is 1.61 bits per heavy atom. The number of para-hydroxylation sites is 2. The topological polar surface area (TPSA) is 17.8 Å². The fourth-order valence-electron chi connectivity index (χ4n) is 2.58. The van der Waals surface area contributed by atoms with Crippen molar-refractivity contribution in [3.63, 3.8) is 0 Å². The van der Waals surface area contributed by atoms with Gasteiger partial charge in [0.1, 0.15) is 5.82 Å². The van der Waals surface area contributed by atoms with E-state index in [-0.39, 0.29) is 0 Å². The smallest absolute Gasteiger partial charge is 0.145 e. The number of aryl methyl sites for hydroxylation is 1. The van der Waals surface area contributed by atoms with Gasteiger partial charge in [0.2, 0.25) is 0 Å². The van der Waals surface area contributed by atoms with E-state index < -0.39 is 0 Å². The molecule has 0 bridgehead atoms. The number of fused-ring (bicyclic) bond motifs is 1. The zero-order valence-corrected chi connectivity index (χ0v) is 14.8. The Morgan fingerprint density at radius 3 is 2.26 bits per heavy atom. The van der Waals surface area contributed by atoms with Crippen LogP contribution >= 0.6 is 0 Å². The largest absolute Gasteiger partial charge is 0.296 e. The molecule has 0 amide bonds. The van der Waals surface area contributed by atoms with E-state index in [2.05, 4.69) is 74.4 Å². The number of hydrogen-bond acceptors (Lipinski definition) is 1. The molecule has 120 valence electrons. The Balaban J connectivity index is 0.000000924. The van der Waals surface area contributed by atoms with Crippen molar-refractivity contribution < 1.29 is 0 Å². The zero-order valence-electron chi connectivity index (χ0n) is 14.8. The number of rotatable bonds is 3. The molecule has 0 radical (unpaired) electrons. The highest BCUT2D eigenvalue weighted by Gasteiger charge is 2.17. The minimum atomic E-state index is 0.366. The van der Waals surface area contributed by atoms with Crippen molar-refractivity contribution in [2.24, 2.45) is 5.92 Å². The van der Waals surface area contributed by atoms with Gasteiger partial charge in [0.05, 0.1) is 11.0 Å². The van der Waals surface area contributed by atoms with Crippen molar-refractivity contribution in [3.05, 3.63) is 60.7 Å². The van der Waals surface area contributed by atoms with Crippen molar-refractivity contribution in [2.45, 2.75) is 34.6 Å². The fourth-order valence-corrected chi connectivity index (χ4v) is 2.58. The van der Waals surface area contributed by atoms with Gasteiger partial charge in [-0.1, -0.05) is 70.7 Å². The molecular weight excluding hydrogens is 280 g/mol. The lowest BCUT2D eigenvalue weighted by atomic mass is 10.1. The van der Waals surface area contributed by atoms with Gasteiger partial charge in [0.15, 0.2) is 0 Å². The number of nitrogens with zero attached hydrogens (tertiary/aromatic N) is 2. The molecule has 0 spiro atoms. The predicted octanol–water partition coefficient (Wildman–Crippen LogP) is 6.16. The van der Waals surface area contributed by atoms with Crippen LogP contribution in [-0.4, -0.2) is 9.55 Å². The summed E-state index contributed by atoms with van der Waals surface area (Å²) >= 11 is 0.